The van der Waals surface area contributed by atoms with Crippen LogP contribution in [0.3, 0.4) is 0 Å². The largest absolute Gasteiger partial charge is 0.349 e. The highest BCUT2D eigenvalue weighted by Gasteiger charge is 2.21. The minimum atomic E-state index is -0.502. The number of hydrogen-bond donors (Lipinski definition) is 1. The minimum absolute atomic E-state index is 0.0652. The molecule has 0 aromatic heterocycles. The molecule has 0 bridgehead atoms. The van der Waals surface area contributed by atoms with Gasteiger partial charge in [0.2, 0.25) is 0 Å². The van der Waals surface area contributed by atoms with Crippen molar-refractivity contribution >= 4 is 21.8 Å². The van der Waals surface area contributed by atoms with Crippen molar-refractivity contribution in [3.8, 4) is 0 Å². The zero-order valence-corrected chi connectivity index (χ0v) is 13.0. The lowest BCUT2D eigenvalue weighted by molar-refractivity contribution is 0.0929. The van der Waals surface area contributed by atoms with Crippen molar-refractivity contribution in [3.05, 3.63) is 69.4 Å². The van der Waals surface area contributed by atoms with Gasteiger partial charge in [0.05, 0.1) is 5.56 Å². The van der Waals surface area contributed by atoms with E-state index in [1.54, 1.807) is 6.07 Å². The third-order valence-electron chi connectivity index (χ3n) is 3.86. The Kier molecular flexibility index (Phi) is 4.06. The summed E-state index contributed by atoms with van der Waals surface area (Å²) in [4.78, 5) is 12.2. The van der Waals surface area contributed by atoms with E-state index in [9.17, 15) is 9.18 Å². The predicted molar refractivity (Wildman–Crippen MR) is 83.8 cm³/mol. The van der Waals surface area contributed by atoms with Gasteiger partial charge in [-0.3, -0.25) is 4.79 Å². The van der Waals surface area contributed by atoms with E-state index in [2.05, 4.69) is 33.4 Å². The summed E-state index contributed by atoms with van der Waals surface area (Å²) in [5, 5.41) is 2.94. The summed E-state index contributed by atoms with van der Waals surface area (Å²) in [5.74, 6) is -0.845. The van der Waals surface area contributed by atoms with Gasteiger partial charge in [-0.1, -0.05) is 40.2 Å². The number of benzene rings is 2. The van der Waals surface area contributed by atoms with Gasteiger partial charge >= 0.3 is 0 Å². The molecule has 0 fully saturated rings. The maximum atomic E-state index is 13.8. The Balaban J connectivity index is 1.71. The molecule has 1 aliphatic rings. The van der Waals surface area contributed by atoms with Gasteiger partial charge < -0.3 is 5.32 Å². The lowest BCUT2D eigenvalue weighted by Gasteiger charge is -2.25. The van der Waals surface area contributed by atoms with E-state index in [0.717, 1.165) is 19.3 Å². The number of aryl methyl sites for hydroxylation is 1. The molecule has 0 spiro atoms. The first-order chi connectivity index (χ1) is 10.1. The highest BCUT2D eigenvalue weighted by molar-refractivity contribution is 9.10. The van der Waals surface area contributed by atoms with Crippen LogP contribution in [0.25, 0.3) is 0 Å². The molecule has 4 heteroatoms. The van der Waals surface area contributed by atoms with Crippen LogP contribution >= 0.6 is 15.9 Å². The number of halogens is 2. The van der Waals surface area contributed by atoms with Crippen LogP contribution in [0.5, 0.6) is 0 Å². The molecule has 2 nitrogen and oxygen atoms in total. The first kappa shape index (κ1) is 14.3. The molecule has 2 aromatic carbocycles. The molecule has 1 atom stereocenters. The molecule has 2 aromatic rings. The summed E-state index contributed by atoms with van der Waals surface area (Å²) in [7, 11) is 0. The summed E-state index contributed by atoms with van der Waals surface area (Å²) in [6.07, 6.45) is 2.64. The fourth-order valence-electron chi connectivity index (χ4n) is 2.76. The van der Waals surface area contributed by atoms with Gasteiger partial charge in [-0.2, -0.15) is 0 Å². The van der Waals surface area contributed by atoms with Gasteiger partial charge in [-0.25, -0.2) is 4.39 Å². The second-order valence-electron chi connectivity index (χ2n) is 5.31. The average molecular weight is 348 g/mol. The summed E-state index contributed by atoms with van der Waals surface area (Å²) in [5.41, 5.74) is 2.71. The number of carbonyl (C=O) groups excluding carboxylic acids is 1. The molecule has 0 saturated carbocycles. The molecule has 1 amide bonds. The van der Waals surface area contributed by atoms with E-state index in [1.807, 2.05) is 12.1 Å². The molecule has 0 saturated heterocycles. The SMILES string of the molecule is O=C(NC1CCc2ccccc2C1)c1ccc(Br)cc1F. The topological polar surface area (TPSA) is 29.1 Å². The van der Waals surface area contributed by atoms with Crippen LogP contribution < -0.4 is 5.32 Å². The Morgan fingerprint density at radius 2 is 1.95 bits per heavy atom. The van der Waals surface area contributed by atoms with Crippen LogP contribution in [-0.2, 0) is 12.8 Å². The van der Waals surface area contributed by atoms with Crippen molar-refractivity contribution in [1.82, 2.24) is 5.32 Å². The maximum absolute atomic E-state index is 13.8. The molecule has 0 heterocycles. The molecule has 108 valence electrons. The summed E-state index contributed by atoms with van der Waals surface area (Å²) >= 11 is 3.19. The Hall–Kier alpha value is -1.68. The molecule has 1 aliphatic carbocycles. The van der Waals surface area contributed by atoms with Crippen LogP contribution in [0, 0.1) is 5.82 Å². The van der Waals surface area contributed by atoms with E-state index >= 15 is 0 Å². The fourth-order valence-corrected chi connectivity index (χ4v) is 3.09. The smallest absolute Gasteiger partial charge is 0.254 e. The van der Waals surface area contributed by atoms with Crippen molar-refractivity contribution in [2.75, 3.05) is 0 Å². The van der Waals surface area contributed by atoms with Gasteiger partial charge in [0.25, 0.3) is 5.91 Å². The lowest BCUT2D eigenvalue weighted by Crippen LogP contribution is -2.39. The van der Waals surface area contributed by atoms with E-state index in [-0.39, 0.29) is 17.5 Å². The molecule has 1 unspecified atom stereocenters. The summed E-state index contributed by atoms with van der Waals surface area (Å²) < 4.78 is 14.4. The van der Waals surface area contributed by atoms with Gasteiger partial charge in [-0.05, 0) is 48.6 Å². The van der Waals surface area contributed by atoms with Crippen LogP contribution in [0.2, 0.25) is 0 Å². The first-order valence-corrected chi connectivity index (χ1v) is 7.75. The third kappa shape index (κ3) is 3.16. The van der Waals surface area contributed by atoms with Crippen molar-refractivity contribution in [2.45, 2.75) is 25.3 Å². The van der Waals surface area contributed by atoms with Crippen molar-refractivity contribution in [2.24, 2.45) is 0 Å². The molecule has 0 aliphatic heterocycles. The van der Waals surface area contributed by atoms with Crippen molar-refractivity contribution in [3.63, 3.8) is 0 Å². The molecular formula is C17H15BrFNO. The molecule has 1 N–H and O–H groups in total. The fraction of sp³-hybridized carbons (Fsp3) is 0.235. The second kappa shape index (κ2) is 5.98. The number of amides is 1. The van der Waals surface area contributed by atoms with Gasteiger partial charge in [0.1, 0.15) is 5.82 Å². The maximum Gasteiger partial charge on any atom is 0.254 e. The second-order valence-corrected chi connectivity index (χ2v) is 6.22. The Bertz CT molecular complexity index is 686. The molecule has 21 heavy (non-hydrogen) atoms. The highest BCUT2D eigenvalue weighted by atomic mass is 79.9. The lowest BCUT2D eigenvalue weighted by atomic mass is 9.88. The summed E-state index contributed by atoms with van der Waals surface area (Å²) in [6.45, 7) is 0. The molecular weight excluding hydrogens is 333 g/mol. The monoisotopic (exact) mass is 347 g/mol. The number of rotatable bonds is 2. The first-order valence-electron chi connectivity index (χ1n) is 6.96. The van der Waals surface area contributed by atoms with Crippen molar-refractivity contribution < 1.29 is 9.18 Å². The average Bonchev–Trinajstić information content (AvgIpc) is 2.47. The Morgan fingerprint density at radius 3 is 2.71 bits per heavy atom. The number of nitrogens with one attached hydrogen (secondary N) is 1. The molecule has 0 radical (unpaired) electrons. The Labute approximate surface area is 131 Å². The predicted octanol–water partition coefficient (Wildman–Crippen LogP) is 3.88. The van der Waals surface area contributed by atoms with Crippen LogP contribution in [-0.4, -0.2) is 11.9 Å². The Morgan fingerprint density at radius 1 is 1.19 bits per heavy atom. The van der Waals surface area contributed by atoms with Gasteiger partial charge in [-0.15, -0.1) is 0 Å². The zero-order chi connectivity index (χ0) is 14.8. The normalized spacial score (nSPS) is 17.1. The van der Waals surface area contributed by atoms with E-state index < -0.39 is 5.82 Å². The van der Waals surface area contributed by atoms with Gasteiger partial charge in [0.15, 0.2) is 0 Å². The summed E-state index contributed by atoms with van der Waals surface area (Å²) in [6, 6.07) is 12.8. The minimum Gasteiger partial charge on any atom is -0.349 e. The van der Waals surface area contributed by atoms with E-state index in [0.29, 0.717) is 4.47 Å². The number of hydrogen-bond acceptors (Lipinski definition) is 1. The van der Waals surface area contributed by atoms with E-state index in [4.69, 9.17) is 0 Å². The zero-order valence-electron chi connectivity index (χ0n) is 11.4. The van der Waals surface area contributed by atoms with Crippen LogP contribution in [0.15, 0.2) is 46.9 Å². The number of carbonyl (C=O) groups is 1. The molecule has 3 rings (SSSR count). The van der Waals surface area contributed by atoms with E-state index in [1.165, 1.54) is 23.3 Å². The third-order valence-corrected chi connectivity index (χ3v) is 4.35. The van der Waals surface area contributed by atoms with Gasteiger partial charge in [0, 0.05) is 10.5 Å². The highest BCUT2D eigenvalue weighted by Crippen LogP contribution is 2.22. The standard InChI is InChI=1S/C17H15BrFNO/c18-13-6-8-15(16(19)10-13)17(21)20-14-7-5-11-3-1-2-4-12(11)9-14/h1-4,6,8,10,14H,5,7,9H2,(H,20,21). The van der Waals surface area contributed by atoms with Crippen LogP contribution in [0.1, 0.15) is 27.9 Å². The van der Waals surface area contributed by atoms with Crippen molar-refractivity contribution in [1.29, 1.82) is 0 Å². The quantitative estimate of drug-likeness (QED) is 0.877. The van der Waals surface area contributed by atoms with Crippen LogP contribution in [0.4, 0.5) is 4.39 Å². The number of fused-ring (bicyclic) bond motifs is 1.